The summed E-state index contributed by atoms with van der Waals surface area (Å²) in [5.41, 5.74) is 7.79. The predicted octanol–water partition coefficient (Wildman–Crippen LogP) is 7.79. The lowest BCUT2D eigenvalue weighted by molar-refractivity contribution is 0.00578. The summed E-state index contributed by atoms with van der Waals surface area (Å²) in [5.74, 6) is 0. The molecule has 0 saturated carbocycles. The Morgan fingerprint density at radius 2 is 1.20 bits per heavy atom. The van der Waals surface area contributed by atoms with Gasteiger partial charge in [0.2, 0.25) is 0 Å². The van der Waals surface area contributed by atoms with Crippen LogP contribution < -0.4 is 5.46 Å². The molecule has 0 radical (unpaired) electrons. The molecule has 0 atom stereocenters. The van der Waals surface area contributed by atoms with E-state index in [-0.39, 0.29) is 11.2 Å². The fourth-order valence-corrected chi connectivity index (χ4v) is 5.56. The van der Waals surface area contributed by atoms with Gasteiger partial charge in [-0.2, -0.15) is 5.10 Å². The zero-order valence-corrected chi connectivity index (χ0v) is 23.3. The molecule has 40 heavy (non-hydrogen) atoms. The lowest BCUT2D eigenvalue weighted by Gasteiger charge is -2.32. The first-order valence-electron chi connectivity index (χ1n) is 13.8. The van der Waals surface area contributed by atoms with E-state index in [1.807, 2.05) is 6.07 Å². The standard InChI is InChI=1S/C35H31BN2O2/c1-34(2)35(3,4)40-36(39-34)28-21-19-26(20-22-28)32-31(25-15-9-6-10-16-25)33-29-18-12-11-17-27(29)23-30(38(33)37-32)24-13-7-5-8-14-24/h5-23H,1-4H3. The van der Waals surface area contributed by atoms with Gasteiger partial charge in [0.1, 0.15) is 5.69 Å². The SMILES string of the molecule is CC1(C)OB(c2ccc(-c3nn4c(-c5ccccc5)cc5ccccc5c4c3-c3ccccc3)cc2)OC1(C)C. The van der Waals surface area contributed by atoms with Crippen LogP contribution in [-0.4, -0.2) is 27.9 Å². The smallest absolute Gasteiger partial charge is 0.399 e. The summed E-state index contributed by atoms with van der Waals surface area (Å²) in [6, 6.07) is 40.4. The lowest BCUT2D eigenvalue weighted by atomic mass is 9.78. The highest BCUT2D eigenvalue weighted by atomic mass is 16.7. The molecule has 196 valence electrons. The minimum absolute atomic E-state index is 0.382. The van der Waals surface area contributed by atoms with Crippen LogP contribution in [-0.2, 0) is 9.31 Å². The third kappa shape index (κ3) is 3.97. The van der Waals surface area contributed by atoms with Gasteiger partial charge in [0.25, 0.3) is 0 Å². The largest absolute Gasteiger partial charge is 0.494 e. The van der Waals surface area contributed by atoms with Gasteiger partial charge in [0.15, 0.2) is 0 Å². The third-order valence-corrected chi connectivity index (χ3v) is 8.46. The van der Waals surface area contributed by atoms with Crippen LogP contribution in [0.1, 0.15) is 27.7 Å². The Bertz CT molecular complexity index is 1830. The van der Waals surface area contributed by atoms with Crippen LogP contribution >= 0.6 is 0 Å². The average Bonchev–Trinajstić information content (AvgIpc) is 3.48. The highest BCUT2D eigenvalue weighted by molar-refractivity contribution is 6.62. The number of rotatable bonds is 4. The van der Waals surface area contributed by atoms with Crippen LogP contribution in [0.5, 0.6) is 0 Å². The Balaban J connectivity index is 1.46. The maximum absolute atomic E-state index is 6.31. The van der Waals surface area contributed by atoms with E-state index in [9.17, 15) is 0 Å². The van der Waals surface area contributed by atoms with Gasteiger partial charge in [0, 0.05) is 22.1 Å². The van der Waals surface area contributed by atoms with E-state index in [0.29, 0.717) is 0 Å². The molecule has 5 heteroatoms. The molecule has 3 heterocycles. The van der Waals surface area contributed by atoms with Gasteiger partial charge in [0.05, 0.1) is 22.4 Å². The second-order valence-electron chi connectivity index (χ2n) is 11.5. The molecule has 0 amide bonds. The molecule has 2 aromatic heterocycles. The van der Waals surface area contributed by atoms with E-state index >= 15 is 0 Å². The molecule has 4 nitrogen and oxygen atoms in total. The van der Waals surface area contributed by atoms with Crippen molar-refractivity contribution in [2.24, 2.45) is 0 Å². The minimum atomic E-state index is -0.401. The van der Waals surface area contributed by atoms with Crippen LogP contribution in [0.2, 0.25) is 0 Å². The van der Waals surface area contributed by atoms with Gasteiger partial charge in [-0.3, -0.25) is 0 Å². The first-order chi connectivity index (χ1) is 19.3. The minimum Gasteiger partial charge on any atom is -0.399 e. The van der Waals surface area contributed by atoms with Crippen molar-refractivity contribution in [1.82, 2.24) is 9.61 Å². The van der Waals surface area contributed by atoms with E-state index in [0.717, 1.165) is 44.6 Å². The zero-order chi connectivity index (χ0) is 27.5. The number of fused-ring (bicyclic) bond motifs is 3. The van der Waals surface area contributed by atoms with Crippen LogP contribution in [0, 0.1) is 0 Å². The summed E-state index contributed by atoms with van der Waals surface area (Å²) in [4.78, 5) is 0. The number of hydrogen-bond acceptors (Lipinski definition) is 3. The van der Waals surface area contributed by atoms with Crippen LogP contribution in [0.25, 0.3) is 49.9 Å². The number of hydrogen-bond donors (Lipinski definition) is 0. The van der Waals surface area contributed by atoms with Gasteiger partial charge < -0.3 is 9.31 Å². The molecule has 6 aromatic rings. The van der Waals surface area contributed by atoms with Crippen molar-refractivity contribution < 1.29 is 9.31 Å². The van der Waals surface area contributed by atoms with Crippen LogP contribution in [0.15, 0.2) is 115 Å². The fraction of sp³-hybridized carbons (Fsp3) is 0.171. The van der Waals surface area contributed by atoms with Crippen molar-refractivity contribution in [3.63, 3.8) is 0 Å². The molecule has 0 unspecified atom stereocenters. The van der Waals surface area contributed by atoms with E-state index in [4.69, 9.17) is 14.4 Å². The van der Waals surface area contributed by atoms with Gasteiger partial charge in [-0.25, -0.2) is 4.52 Å². The molecule has 1 saturated heterocycles. The first-order valence-corrected chi connectivity index (χ1v) is 13.8. The average molecular weight is 522 g/mol. The molecule has 1 aliphatic heterocycles. The highest BCUT2D eigenvalue weighted by Crippen LogP contribution is 2.41. The Hall–Kier alpha value is -4.19. The summed E-state index contributed by atoms with van der Waals surface area (Å²) in [7, 11) is -0.401. The Labute approximate surface area is 235 Å². The zero-order valence-electron chi connectivity index (χ0n) is 23.3. The number of pyridine rings is 1. The summed E-state index contributed by atoms with van der Waals surface area (Å²) in [6.45, 7) is 8.33. The van der Waals surface area contributed by atoms with E-state index < -0.39 is 7.12 Å². The van der Waals surface area contributed by atoms with Crippen molar-refractivity contribution in [2.45, 2.75) is 38.9 Å². The number of aromatic nitrogens is 2. The highest BCUT2D eigenvalue weighted by Gasteiger charge is 2.51. The summed E-state index contributed by atoms with van der Waals surface area (Å²) in [6.07, 6.45) is 0. The summed E-state index contributed by atoms with van der Waals surface area (Å²) in [5, 5.41) is 7.68. The van der Waals surface area contributed by atoms with Crippen LogP contribution in [0.3, 0.4) is 0 Å². The molecule has 1 aliphatic rings. The quantitative estimate of drug-likeness (QED) is 0.222. The predicted molar refractivity (Wildman–Crippen MR) is 165 cm³/mol. The van der Waals surface area contributed by atoms with Crippen molar-refractivity contribution in [3.8, 4) is 33.6 Å². The molecule has 1 fully saturated rings. The molecular formula is C35H31BN2O2. The second-order valence-corrected chi connectivity index (χ2v) is 11.5. The van der Waals surface area contributed by atoms with Crippen molar-refractivity contribution >= 4 is 28.9 Å². The van der Waals surface area contributed by atoms with Crippen LogP contribution in [0.4, 0.5) is 0 Å². The van der Waals surface area contributed by atoms with Gasteiger partial charge in [-0.15, -0.1) is 0 Å². The molecule has 0 aliphatic carbocycles. The topological polar surface area (TPSA) is 35.8 Å². The van der Waals surface area contributed by atoms with Gasteiger partial charge >= 0.3 is 7.12 Å². The molecule has 0 spiro atoms. The molecule has 0 N–H and O–H groups in total. The van der Waals surface area contributed by atoms with E-state index in [1.54, 1.807) is 0 Å². The molecule has 7 rings (SSSR count). The normalized spacial score (nSPS) is 16.1. The summed E-state index contributed by atoms with van der Waals surface area (Å²) >= 11 is 0. The Kier molecular flexibility index (Phi) is 5.70. The van der Waals surface area contributed by atoms with Gasteiger partial charge in [-0.1, -0.05) is 109 Å². The van der Waals surface area contributed by atoms with Crippen molar-refractivity contribution in [3.05, 3.63) is 115 Å². The Morgan fingerprint density at radius 3 is 1.85 bits per heavy atom. The maximum atomic E-state index is 6.31. The van der Waals surface area contributed by atoms with Crippen molar-refractivity contribution in [2.75, 3.05) is 0 Å². The molecule has 4 aromatic carbocycles. The summed E-state index contributed by atoms with van der Waals surface area (Å²) < 4.78 is 14.7. The second kappa shape index (κ2) is 9.19. The maximum Gasteiger partial charge on any atom is 0.494 e. The van der Waals surface area contributed by atoms with E-state index in [1.165, 1.54) is 10.8 Å². The number of nitrogens with zero attached hydrogens (tertiary/aromatic N) is 2. The Morgan fingerprint density at radius 1 is 0.625 bits per heavy atom. The molecular weight excluding hydrogens is 491 g/mol. The number of benzene rings is 4. The van der Waals surface area contributed by atoms with Crippen molar-refractivity contribution in [1.29, 1.82) is 0 Å². The van der Waals surface area contributed by atoms with Gasteiger partial charge in [-0.05, 0) is 50.2 Å². The third-order valence-electron chi connectivity index (χ3n) is 8.46. The van der Waals surface area contributed by atoms with E-state index in [2.05, 4.69) is 141 Å². The lowest BCUT2D eigenvalue weighted by Crippen LogP contribution is -2.41. The molecule has 0 bridgehead atoms. The fourth-order valence-electron chi connectivity index (χ4n) is 5.56. The monoisotopic (exact) mass is 522 g/mol. The first kappa shape index (κ1) is 24.8.